The van der Waals surface area contributed by atoms with Crippen LogP contribution in [-0.4, -0.2) is 11.6 Å². The fourth-order valence-corrected chi connectivity index (χ4v) is 2.40. The number of rotatable bonds is 4. The Bertz CT molecular complexity index is 790. The Morgan fingerprint density at radius 1 is 0.690 bits per heavy atom. The molecular formula is C22H20F4O2Ti. The average molecular weight is 440 g/mol. The quantitative estimate of drug-likeness (QED) is 0.268. The van der Waals surface area contributed by atoms with Crippen molar-refractivity contribution in [1.29, 1.82) is 0 Å². The monoisotopic (exact) mass is 440 g/mol. The number of hydrogen-bond donors (Lipinski definition) is 0. The van der Waals surface area contributed by atoms with Gasteiger partial charge in [-0.05, 0) is 25.7 Å². The number of Topliss-reactive ketones (excluding diaryl/α,β-unsaturated/α-hetero) is 2. The standard InChI is InChI=1S/2C10H7F2O.2CH3.Ti/c2*11-7-3-4-8(9(12)5-7)10(13)6-1-2-6;;;/h2*3-4,6H,1-2H2;2*1H3;/q4*-1;+4. The number of ketones is 2. The van der Waals surface area contributed by atoms with Gasteiger partial charge < -0.3 is 24.4 Å². The molecule has 0 spiro atoms. The topological polar surface area (TPSA) is 34.1 Å². The third-order valence-electron chi connectivity index (χ3n) is 4.15. The Kier molecular flexibility index (Phi) is 10.7. The molecule has 0 N–H and O–H groups in total. The van der Waals surface area contributed by atoms with Gasteiger partial charge in [0.15, 0.2) is 0 Å². The molecule has 0 aromatic heterocycles. The van der Waals surface area contributed by atoms with Crippen LogP contribution in [0.25, 0.3) is 0 Å². The van der Waals surface area contributed by atoms with Crippen LogP contribution in [-0.2, 0) is 21.7 Å². The summed E-state index contributed by atoms with van der Waals surface area (Å²) in [5.74, 6) is -3.85. The minimum atomic E-state index is -0.878. The van der Waals surface area contributed by atoms with Gasteiger partial charge in [-0.15, -0.1) is 24.3 Å². The van der Waals surface area contributed by atoms with Gasteiger partial charge in [0.25, 0.3) is 0 Å². The first kappa shape index (κ1) is 27.2. The molecule has 2 saturated carbocycles. The van der Waals surface area contributed by atoms with Crippen LogP contribution in [0.4, 0.5) is 17.6 Å². The minimum Gasteiger partial charge on any atom is -0.358 e. The Hall–Kier alpha value is -1.79. The number of hydrogen-bond acceptors (Lipinski definition) is 2. The maximum Gasteiger partial charge on any atom is 4.00 e. The molecule has 2 fully saturated rings. The summed E-state index contributed by atoms with van der Waals surface area (Å²) in [5.41, 5.74) is -0.0761. The summed E-state index contributed by atoms with van der Waals surface area (Å²) in [6, 6.07) is 8.17. The van der Waals surface area contributed by atoms with Crippen LogP contribution in [0.2, 0.25) is 0 Å². The molecule has 7 heteroatoms. The molecule has 0 amide bonds. The van der Waals surface area contributed by atoms with E-state index in [-0.39, 0.29) is 71.1 Å². The first-order valence-electron chi connectivity index (χ1n) is 8.20. The van der Waals surface area contributed by atoms with Crippen molar-refractivity contribution in [2.24, 2.45) is 11.8 Å². The molecule has 2 aromatic rings. The van der Waals surface area contributed by atoms with E-state index in [1.165, 1.54) is 12.1 Å². The second kappa shape index (κ2) is 11.4. The number of benzene rings is 2. The number of carbonyl (C=O) groups is 2. The average Bonchev–Trinajstić information content (AvgIpc) is 3.48. The predicted octanol–water partition coefficient (Wildman–Crippen LogP) is 5.61. The van der Waals surface area contributed by atoms with E-state index >= 15 is 0 Å². The Balaban J connectivity index is 0.000000490. The van der Waals surface area contributed by atoms with Gasteiger partial charge >= 0.3 is 21.7 Å². The van der Waals surface area contributed by atoms with E-state index in [1.807, 2.05) is 12.1 Å². The van der Waals surface area contributed by atoms with Gasteiger partial charge in [0.2, 0.25) is 0 Å². The van der Waals surface area contributed by atoms with Crippen LogP contribution in [0.1, 0.15) is 46.4 Å². The van der Waals surface area contributed by atoms with E-state index in [9.17, 15) is 27.2 Å². The predicted molar refractivity (Wildman–Crippen MR) is 97.3 cm³/mol. The molecule has 29 heavy (non-hydrogen) atoms. The van der Waals surface area contributed by atoms with E-state index in [4.69, 9.17) is 0 Å². The third-order valence-corrected chi connectivity index (χ3v) is 4.15. The SMILES string of the molecule is O=C(c1ccc(F)[c-]c1F)C1CC1.O=C(c1ccc(F)[c-]c1F)C1CC1.[CH3-].[CH3-].[Ti+4]. The van der Waals surface area contributed by atoms with E-state index in [2.05, 4.69) is 0 Å². The minimum absolute atomic E-state index is 0. The van der Waals surface area contributed by atoms with Crippen LogP contribution in [0, 0.1) is 62.1 Å². The molecule has 0 aliphatic heterocycles. The zero-order chi connectivity index (χ0) is 18.8. The molecule has 152 valence electrons. The zero-order valence-electron chi connectivity index (χ0n) is 16.1. The molecule has 2 aromatic carbocycles. The van der Waals surface area contributed by atoms with E-state index in [0.29, 0.717) is 0 Å². The summed E-state index contributed by atoms with van der Waals surface area (Å²) in [6.45, 7) is 0. The fourth-order valence-electron chi connectivity index (χ4n) is 2.40. The van der Waals surface area contributed by atoms with Crippen LogP contribution < -0.4 is 0 Å². The second-order valence-corrected chi connectivity index (χ2v) is 6.34. The van der Waals surface area contributed by atoms with Crippen molar-refractivity contribution in [2.45, 2.75) is 25.7 Å². The summed E-state index contributed by atoms with van der Waals surface area (Å²) in [4.78, 5) is 22.7. The first-order chi connectivity index (χ1) is 12.4. The van der Waals surface area contributed by atoms with Crippen LogP contribution in [0.3, 0.4) is 0 Å². The summed E-state index contributed by atoms with van der Waals surface area (Å²) in [7, 11) is 0. The van der Waals surface area contributed by atoms with Gasteiger partial charge in [0.1, 0.15) is 11.6 Å². The van der Waals surface area contributed by atoms with Crippen molar-refractivity contribution in [2.75, 3.05) is 0 Å². The molecule has 0 radical (unpaired) electrons. The van der Waals surface area contributed by atoms with Gasteiger partial charge in [0, 0.05) is 35.1 Å². The molecule has 4 rings (SSSR count). The second-order valence-electron chi connectivity index (χ2n) is 6.34. The molecule has 2 nitrogen and oxygen atoms in total. The smallest absolute Gasteiger partial charge is 0.358 e. The van der Waals surface area contributed by atoms with E-state index in [0.717, 1.165) is 37.8 Å². The summed E-state index contributed by atoms with van der Waals surface area (Å²) in [5, 5.41) is 0. The van der Waals surface area contributed by atoms with Crippen molar-refractivity contribution in [3.05, 3.63) is 85.6 Å². The van der Waals surface area contributed by atoms with Crippen molar-refractivity contribution in [3.8, 4) is 0 Å². The Morgan fingerprint density at radius 2 is 1.00 bits per heavy atom. The molecule has 0 heterocycles. The van der Waals surface area contributed by atoms with Gasteiger partial charge in [-0.1, -0.05) is 11.1 Å². The molecule has 0 atom stereocenters. The third kappa shape index (κ3) is 7.20. The van der Waals surface area contributed by atoms with Crippen molar-refractivity contribution in [3.63, 3.8) is 0 Å². The summed E-state index contributed by atoms with van der Waals surface area (Å²) < 4.78 is 50.8. The molecule has 0 saturated heterocycles. The zero-order valence-corrected chi connectivity index (χ0v) is 17.7. The summed E-state index contributed by atoms with van der Waals surface area (Å²) >= 11 is 0. The first-order valence-corrected chi connectivity index (χ1v) is 8.20. The molecule has 0 bridgehead atoms. The van der Waals surface area contributed by atoms with Crippen molar-refractivity contribution in [1.82, 2.24) is 0 Å². The maximum atomic E-state index is 13.0. The van der Waals surface area contributed by atoms with Crippen molar-refractivity contribution >= 4 is 11.6 Å². The van der Waals surface area contributed by atoms with Gasteiger partial charge in [-0.25, -0.2) is 17.6 Å². The Morgan fingerprint density at radius 3 is 1.24 bits per heavy atom. The van der Waals surface area contributed by atoms with Crippen LogP contribution >= 0.6 is 0 Å². The van der Waals surface area contributed by atoms with Crippen LogP contribution in [0.15, 0.2) is 24.3 Å². The van der Waals surface area contributed by atoms with Gasteiger partial charge in [0.05, 0.1) is 0 Å². The van der Waals surface area contributed by atoms with Crippen molar-refractivity contribution < 1.29 is 48.9 Å². The fraction of sp³-hybridized carbons (Fsp3) is 0.273. The van der Waals surface area contributed by atoms with E-state index < -0.39 is 23.3 Å². The van der Waals surface area contributed by atoms with Crippen LogP contribution in [0.5, 0.6) is 0 Å². The van der Waals surface area contributed by atoms with Gasteiger partial charge in [-0.3, -0.25) is 0 Å². The number of halogens is 4. The molecule has 2 aliphatic carbocycles. The molecule has 2 aliphatic rings. The van der Waals surface area contributed by atoms with E-state index in [1.54, 1.807) is 0 Å². The molecular weight excluding hydrogens is 420 g/mol. The number of carbonyl (C=O) groups excluding carboxylic acids is 2. The summed E-state index contributed by atoms with van der Waals surface area (Å²) in [6.07, 6.45) is 3.26. The molecule has 0 unspecified atom stereocenters. The normalized spacial score (nSPS) is 14.2. The maximum absolute atomic E-state index is 13.0. The largest absolute Gasteiger partial charge is 4.00 e. The van der Waals surface area contributed by atoms with Gasteiger partial charge in [-0.2, -0.15) is 12.1 Å². The Labute approximate surface area is 183 Å².